The zero-order chi connectivity index (χ0) is 19.6. The molecule has 1 atom stereocenters. The van der Waals surface area contributed by atoms with Gasteiger partial charge in [-0.05, 0) is 55.7 Å². The van der Waals surface area contributed by atoms with Crippen LogP contribution in [-0.2, 0) is 10.0 Å². The van der Waals surface area contributed by atoms with Crippen molar-refractivity contribution in [3.63, 3.8) is 0 Å². The van der Waals surface area contributed by atoms with E-state index in [-0.39, 0.29) is 10.9 Å². The van der Waals surface area contributed by atoms with Crippen molar-refractivity contribution in [3.8, 4) is 17.2 Å². The van der Waals surface area contributed by atoms with Crippen LogP contribution in [-0.4, -0.2) is 40.6 Å². The SMILES string of the molecule is COc1ccc(OC)c([C@@H]2CCCN2S(=O)(=O)c2cc(C)ccc2OC)c1. The summed E-state index contributed by atoms with van der Waals surface area (Å²) in [6.07, 6.45) is 1.50. The molecule has 0 unspecified atom stereocenters. The molecule has 1 fully saturated rings. The van der Waals surface area contributed by atoms with Crippen LogP contribution in [0.3, 0.4) is 0 Å². The first-order valence-corrected chi connectivity index (χ1v) is 10.2. The highest BCUT2D eigenvalue weighted by Gasteiger charge is 2.39. The molecule has 6 nitrogen and oxygen atoms in total. The van der Waals surface area contributed by atoms with E-state index >= 15 is 0 Å². The fraction of sp³-hybridized carbons (Fsp3) is 0.400. The average Bonchev–Trinajstić information content (AvgIpc) is 3.18. The Morgan fingerprint density at radius 3 is 2.33 bits per heavy atom. The van der Waals surface area contributed by atoms with Gasteiger partial charge in [-0.3, -0.25) is 0 Å². The van der Waals surface area contributed by atoms with Crippen molar-refractivity contribution < 1.29 is 22.6 Å². The molecule has 3 rings (SSSR count). The number of ether oxygens (including phenoxy) is 3. The Kier molecular flexibility index (Phi) is 5.62. The maximum Gasteiger partial charge on any atom is 0.247 e. The number of sulfonamides is 1. The molecule has 1 aliphatic rings. The molecule has 0 amide bonds. The van der Waals surface area contributed by atoms with Crippen molar-refractivity contribution in [2.75, 3.05) is 27.9 Å². The third kappa shape index (κ3) is 3.61. The molecule has 0 spiro atoms. The minimum atomic E-state index is -3.73. The maximum absolute atomic E-state index is 13.5. The van der Waals surface area contributed by atoms with E-state index in [1.165, 1.54) is 7.11 Å². The largest absolute Gasteiger partial charge is 0.497 e. The molecule has 0 bridgehead atoms. The summed E-state index contributed by atoms with van der Waals surface area (Å²) in [7, 11) is 0.924. The summed E-state index contributed by atoms with van der Waals surface area (Å²) >= 11 is 0. The Morgan fingerprint density at radius 1 is 0.963 bits per heavy atom. The van der Waals surface area contributed by atoms with Gasteiger partial charge in [0.2, 0.25) is 10.0 Å². The third-order valence-electron chi connectivity index (χ3n) is 4.91. The van der Waals surface area contributed by atoms with E-state index in [2.05, 4.69) is 0 Å². The number of hydrogen-bond donors (Lipinski definition) is 0. The Bertz CT molecular complexity index is 926. The molecule has 0 aromatic heterocycles. The topological polar surface area (TPSA) is 65.1 Å². The normalized spacial score (nSPS) is 17.7. The zero-order valence-corrected chi connectivity index (χ0v) is 16.9. The molecule has 0 saturated carbocycles. The summed E-state index contributed by atoms with van der Waals surface area (Å²) in [5.41, 5.74) is 1.67. The average molecular weight is 391 g/mol. The van der Waals surface area contributed by atoms with Gasteiger partial charge in [-0.25, -0.2) is 8.42 Å². The highest BCUT2D eigenvalue weighted by Crippen LogP contribution is 2.42. The van der Waals surface area contributed by atoms with Crippen LogP contribution in [0, 0.1) is 6.92 Å². The monoisotopic (exact) mass is 391 g/mol. The van der Waals surface area contributed by atoms with Crippen molar-refractivity contribution >= 4 is 10.0 Å². The molecule has 146 valence electrons. The molecule has 7 heteroatoms. The molecule has 0 aliphatic carbocycles. The van der Waals surface area contributed by atoms with Gasteiger partial charge in [0.25, 0.3) is 0 Å². The molecule has 27 heavy (non-hydrogen) atoms. The zero-order valence-electron chi connectivity index (χ0n) is 16.1. The van der Waals surface area contributed by atoms with Gasteiger partial charge in [0, 0.05) is 12.1 Å². The first-order chi connectivity index (χ1) is 12.9. The second kappa shape index (κ2) is 7.78. The van der Waals surface area contributed by atoms with Crippen LogP contribution < -0.4 is 14.2 Å². The van der Waals surface area contributed by atoms with Crippen molar-refractivity contribution in [1.29, 1.82) is 0 Å². The number of nitrogens with zero attached hydrogens (tertiary/aromatic N) is 1. The van der Waals surface area contributed by atoms with Gasteiger partial charge >= 0.3 is 0 Å². The van der Waals surface area contributed by atoms with Crippen LogP contribution in [0.1, 0.15) is 30.0 Å². The molecule has 2 aromatic rings. The van der Waals surface area contributed by atoms with Crippen molar-refractivity contribution in [2.24, 2.45) is 0 Å². The van der Waals surface area contributed by atoms with E-state index in [4.69, 9.17) is 14.2 Å². The minimum Gasteiger partial charge on any atom is -0.497 e. The quantitative estimate of drug-likeness (QED) is 0.753. The summed E-state index contributed by atoms with van der Waals surface area (Å²) in [4.78, 5) is 0.193. The molecule has 2 aromatic carbocycles. The van der Waals surface area contributed by atoms with E-state index in [9.17, 15) is 8.42 Å². The van der Waals surface area contributed by atoms with Gasteiger partial charge < -0.3 is 14.2 Å². The van der Waals surface area contributed by atoms with Crippen LogP contribution in [0.4, 0.5) is 0 Å². The van der Waals surface area contributed by atoms with Crippen molar-refractivity contribution in [1.82, 2.24) is 4.31 Å². The van der Waals surface area contributed by atoms with Crippen LogP contribution >= 0.6 is 0 Å². The number of benzene rings is 2. The van der Waals surface area contributed by atoms with Crippen LogP contribution in [0.2, 0.25) is 0 Å². The lowest BCUT2D eigenvalue weighted by atomic mass is 10.0. The lowest BCUT2D eigenvalue weighted by Gasteiger charge is -2.26. The lowest BCUT2D eigenvalue weighted by Crippen LogP contribution is -2.31. The molecular weight excluding hydrogens is 366 g/mol. The standard InChI is InChI=1S/C20H25NO5S/c1-14-7-9-19(26-4)20(12-14)27(22,23)21-11-5-6-17(21)16-13-15(24-2)8-10-18(16)25-3/h7-10,12-13,17H,5-6,11H2,1-4H3/t17-/m0/s1. The highest BCUT2D eigenvalue weighted by molar-refractivity contribution is 7.89. The molecule has 0 N–H and O–H groups in total. The van der Waals surface area contributed by atoms with Crippen molar-refractivity contribution in [3.05, 3.63) is 47.5 Å². The Labute approximate surface area is 160 Å². The van der Waals surface area contributed by atoms with E-state index in [0.717, 1.165) is 24.0 Å². The van der Waals surface area contributed by atoms with Gasteiger partial charge in [-0.15, -0.1) is 0 Å². The summed E-state index contributed by atoms with van der Waals surface area (Å²) in [5.74, 6) is 1.67. The van der Waals surface area contributed by atoms with Gasteiger partial charge in [-0.1, -0.05) is 6.07 Å². The fourth-order valence-electron chi connectivity index (χ4n) is 3.55. The lowest BCUT2D eigenvalue weighted by molar-refractivity contribution is 0.358. The number of rotatable bonds is 6. The first-order valence-electron chi connectivity index (χ1n) is 8.80. The Balaban J connectivity index is 2.08. The number of hydrogen-bond acceptors (Lipinski definition) is 5. The van der Waals surface area contributed by atoms with Crippen molar-refractivity contribution in [2.45, 2.75) is 30.7 Å². The first kappa shape index (κ1) is 19.5. The predicted octanol–water partition coefficient (Wildman–Crippen LogP) is 3.55. The highest BCUT2D eigenvalue weighted by atomic mass is 32.2. The smallest absolute Gasteiger partial charge is 0.247 e. The molecule has 1 aliphatic heterocycles. The molecule has 1 heterocycles. The van der Waals surface area contributed by atoms with E-state index in [1.807, 2.05) is 25.1 Å². The second-order valence-electron chi connectivity index (χ2n) is 6.54. The summed E-state index contributed by atoms with van der Waals surface area (Å²) in [6, 6.07) is 10.3. The van der Waals surface area contributed by atoms with Gasteiger partial charge in [0.15, 0.2) is 0 Å². The Hall–Kier alpha value is -2.25. The van der Waals surface area contributed by atoms with Crippen LogP contribution in [0.5, 0.6) is 17.2 Å². The Morgan fingerprint density at radius 2 is 1.67 bits per heavy atom. The maximum atomic E-state index is 13.5. The third-order valence-corrected chi connectivity index (χ3v) is 6.83. The second-order valence-corrected chi connectivity index (χ2v) is 8.39. The van der Waals surface area contributed by atoms with Crippen LogP contribution in [0.25, 0.3) is 0 Å². The minimum absolute atomic E-state index is 0.193. The number of methoxy groups -OCH3 is 3. The van der Waals surface area contributed by atoms with Gasteiger partial charge in [-0.2, -0.15) is 4.31 Å². The summed E-state index contributed by atoms with van der Waals surface area (Å²) < 4.78 is 44.6. The molecular formula is C20H25NO5S. The van der Waals surface area contributed by atoms with Gasteiger partial charge in [0.1, 0.15) is 22.1 Å². The molecule has 0 radical (unpaired) electrons. The predicted molar refractivity (Wildman–Crippen MR) is 103 cm³/mol. The summed E-state index contributed by atoms with van der Waals surface area (Å²) in [6.45, 7) is 2.31. The van der Waals surface area contributed by atoms with E-state index in [1.54, 1.807) is 36.7 Å². The number of aryl methyl sites for hydroxylation is 1. The van der Waals surface area contributed by atoms with Gasteiger partial charge in [0.05, 0.1) is 27.4 Å². The molecule has 1 saturated heterocycles. The summed E-state index contributed by atoms with van der Waals surface area (Å²) in [5, 5.41) is 0. The van der Waals surface area contributed by atoms with E-state index < -0.39 is 10.0 Å². The fourth-order valence-corrected chi connectivity index (χ4v) is 5.47. The van der Waals surface area contributed by atoms with Crippen LogP contribution in [0.15, 0.2) is 41.3 Å². The van der Waals surface area contributed by atoms with E-state index in [0.29, 0.717) is 23.8 Å².